The number of hydrogen-bond donors (Lipinski definition) is 1. The van der Waals surface area contributed by atoms with E-state index in [4.69, 9.17) is 27.9 Å². The molecule has 1 saturated heterocycles. The molecular formula is C16H23Cl2N3O4S. The van der Waals surface area contributed by atoms with Crippen LogP contribution in [0.25, 0.3) is 0 Å². The van der Waals surface area contributed by atoms with Crippen LogP contribution in [-0.2, 0) is 19.6 Å². The van der Waals surface area contributed by atoms with Crippen molar-refractivity contribution in [3.05, 3.63) is 28.2 Å². The first-order chi connectivity index (χ1) is 12.2. The van der Waals surface area contributed by atoms with Crippen LogP contribution in [0.3, 0.4) is 0 Å². The fourth-order valence-electron chi connectivity index (χ4n) is 2.78. The lowest BCUT2D eigenvalue weighted by Gasteiger charge is -2.29. The van der Waals surface area contributed by atoms with Crippen LogP contribution in [0.15, 0.2) is 18.2 Å². The molecule has 1 aliphatic heterocycles. The second-order valence-corrected chi connectivity index (χ2v) is 8.84. The van der Waals surface area contributed by atoms with E-state index in [1.807, 2.05) is 0 Å². The summed E-state index contributed by atoms with van der Waals surface area (Å²) in [6, 6.07) is 3.49. The van der Waals surface area contributed by atoms with Crippen molar-refractivity contribution in [1.29, 1.82) is 0 Å². The summed E-state index contributed by atoms with van der Waals surface area (Å²) >= 11 is 12.0. The van der Waals surface area contributed by atoms with Crippen molar-refractivity contribution in [3.63, 3.8) is 0 Å². The molecule has 0 spiro atoms. The fourth-order valence-corrected chi connectivity index (χ4v) is 4.46. The fraction of sp³-hybridized carbons (Fsp3) is 0.562. The molecule has 2 rings (SSSR count). The van der Waals surface area contributed by atoms with Crippen LogP contribution in [0.1, 0.15) is 6.92 Å². The van der Waals surface area contributed by atoms with Crippen molar-refractivity contribution >= 4 is 44.8 Å². The molecule has 0 bridgehead atoms. The number of nitrogens with one attached hydrogen (secondary N) is 1. The van der Waals surface area contributed by atoms with Crippen LogP contribution in [0.5, 0.6) is 0 Å². The van der Waals surface area contributed by atoms with Crippen molar-refractivity contribution in [1.82, 2.24) is 10.2 Å². The molecule has 1 heterocycles. The summed E-state index contributed by atoms with van der Waals surface area (Å²) in [6.45, 7) is 5.65. The molecule has 1 amide bonds. The lowest BCUT2D eigenvalue weighted by molar-refractivity contribution is -0.121. The van der Waals surface area contributed by atoms with E-state index in [-0.39, 0.29) is 11.6 Å². The summed E-state index contributed by atoms with van der Waals surface area (Å²) in [4.78, 5) is 14.7. The Bertz CT molecular complexity index is 719. The second-order valence-electron chi connectivity index (χ2n) is 6.11. The average molecular weight is 424 g/mol. The third-order valence-corrected chi connectivity index (χ3v) is 5.70. The van der Waals surface area contributed by atoms with Gasteiger partial charge in [0.15, 0.2) is 0 Å². The SMILES string of the molecule is C[C@H](C(=O)NCCN1CCOCC1)N(c1cc(Cl)cc(Cl)c1)S(C)(=O)=O. The Morgan fingerprint density at radius 2 is 1.85 bits per heavy atom. The summed E-state index contributed by atoms with van der Waals surface area (Å²) in [5.41, 5.74) is 0.251. The topological polar surface area (TPSA) is 79.0 Å². The Morgan fingerprint density at radius 1 is 1.27 bits per heavy atom. The van der Waals surface area contributed by atoms with Gasteiger partial charge in [-0.1, -0.05) is 23.2 Å². The highest BCUT2D eigenvalue weighted by Gasteiger charge is 2.29. The van der Waals surface area contributed by atoms with Gasteiger partial charge in [-0.3, -0.25) is 14.0 Å². The van der Waals surface area contributed by atoms with Gasteiger partial charge in [0.25, 0.3) is 0 Å². The van der Waals surface area contributed by atoms with E-state index in [1.54, 1.807) is 0 Å². The molecule has 1 fully saturated rings. The molecule has 1 atom stereocenters. The number of hydrogen-bond acceptors (Lipinski definition) is 5. The summed E-state index contributed by atoms with van der Waals surface area (Å²) in [6.07, 6.45) is 1.04. The van der Waals surface area contributed by atoms with Crippen LogP contribution < -0.4 is 9.62 Å². The molecule has 146 valence electrons. The van der Waals surface area contributed by atoms with Crippen LogP contribution >= 0.6 is 23.2 Å². The van der Waals surface area contributed by atoms with Crippen molar-refractivity contribution in [2.75, 3.05) is 50.0 Å². The molecular weight excluding hydrogens is 401 g/mol. The zero-order chi connectivity index (χ0) is 19.3. The molecule has 0 aromatic heterocycles. The molecule has 0 aliphatic carbocycles. The minimum Gasteiger partial charge on any atom is -0.379 e. The van der Waals surface area contributed by atoms with E-state index in [1.165, 1.54) is 25.1 Å². The number of benzene rings is 1. The Kier molecular flexibility index (Phi) is 7.54. The highest BCUT2D eigenvalue weighted by Crippen LogP contribution is 2.28. The van der Waals surface area contributed by atoms with Gasteiger partial charge in [-0.15, -0.1) is 0 Å². The van der Waals surface area contributed by atoms with E-state index in [9.17, 15) is 13.2 Å². The minimum atomic E-state index is -3.71. The van der Waals surface area contributed by atoms with Gasteiger partial charge in [0.2, 0.25) is 15.9 Å². The Morgan fingerprint density at radius 3 is 2.38 bits per heavy atom. The van der Waals surface area contributed by atoms with Crippen LogP contribution in [0.2, 0.25) is 10.0 Å². The van der Waals surface area contributed by atoms with Gasteiger partial charge in [0, 0.05) is 36.2 Å². The van der Waals surface area contributed by atoms with E-state index >= 15 is 0 Å². The molecule has 1 N–H and O–H groups in total. The standard InChI is InChI=1S/C16H23Cl2N3O4S/c1-12(16(22)19-3-4-20-5-7-25-8-6-20)21(26(2,23)24)15-10-13(17)9-14(18)11-15/h9-12H,3-8H2,1-2H3,(H,19,22)/t12-/m1/s1. The average Bonchev–Trinajstić information content (AvgIpc) is 2.53. The van der Waals surface area contributed by atoms with Gasteiger partial charge in [0.1, 0.15) is 6.04 Å². The maximum Gasteiger partial charge on any atom is 0.243 e. The summed E-state index contributed by atoms with van der Waals surface area (Å²) in [5, 5.41) is 3.37. The van der Waals surface area contributed by atoms with Gasteiger partial charge < -0.3 is 10.1 Å². The first-order valence-electron chi connectivity index (χ1n) is 8.22. The molecule has 1 aromatic rings. The van der Waals surface area contributed by atoms with Gasteiger partial charge in [-0.05, 0) is 25.1 Å². The smallest absolute Gasteiger partial charge is 0.243 e. The number of amides is 1. The summed E-state index contributed by atoms with van der Waals surface area (Å²) in [7, 11) is -3.71. The number of nitrogens with zero attached hydrogens (tertiary/aromatic N) is 2. The second kappa shape index (κ2) is 9.23. The van der Waals surface area contributed by atoms with Crippen LogP contribution in [0.4, 0.5) is 5.69 Å². The molecule has 10 heteroatoms. The number of sulfonamides is 1. The molecule has 26 heavy (non-hydrogen) atoms. The molecule has 7 nitrogen and oxygen atoms in total. The van der Waals surface area contributed by atoms with Gasteiger partial charge in [-0.2, -0.15) is 0 Å². The third-order valence-electron chi connectivity index (χ3n) is 4.02. The normalized spacial score (nSPS) is 16.9. The van der Waals surface area contributed by atoms with Crippen molar-refractivity contribution in [2.45, 2.75) is 13.0 Å². The molecule has 1 aliphatic rings. The van der Waals surface area contributed by atoms with Gasteiger partial charge in [0.05, 0.1) is 25.2 Å². The lowest BCUT2D eigenvalue weighted by atomic mass is 10.2. The van der Waals surface area contributed by atoms with Crippen LogP contribution in [-0.4, -0.2) is 70.9 Å². The number of ether oxygens (including phenoxy) is 1. The number of anilines is 1. The first-order valence-corrected chi connectivity index (χ1v) is 10.8. The molecule has 0 unspecified atom stereocenters. The van der Waals surface area contributed by atoms with E-state index in [0.29, 0.717) is 36.3 Å². The number of carbonyl (C=O) groups excluding carboxylic acids is 1. The van der Waals surface area contributed by atoms with Crippen LogP contribution in [0, 0.1) is 0 Å². The lowest BCUT2D eigenvalue weighted by Crippen LogP contribution is -2.49. The number of rotatable bonds is 7. The maximum absolute atomic E-state index is 12.5. The monoisotopic (exact) mass is 423 g/mol. The Labute approximate surface area is 164 Å². The maximum atomic E-state index is 12.5. The number of carbonyl (C=O) groups is 1. The van der Waals surface area contributed by atoms with Crippen molar-refractivity contribution in [3.8, 4) is 0 Å². The highest BCUT2D eigenvalue weighted by atomic mass is 35.5. The quantitative estimate of drug-likeness (QED) is 0.720. The third kappa shape index (κ3) is 5.99. The summed E-state index contributed by atoms with van der Waals surface area (Å²) in [5.74, 6) is -0.389. The van der Waals surface area contributed by atoms with E-state index in [2.05, 4.69) is 10.2 Å². The van der Waals surface area contributed by atoms with E-state index < -0.39 is 16.1 Å². The van der Waals surface area contributed by atoms with Gasteiger partial charge in [-0.25, -0.2) is 8.42 Å². The predicted molar refractivity (Wildman–Crippen MR) is 104 cm³/mol. The Balaban J connectivity index is 2.06. The first kappa shape index (κ1) is 21.2. The Hall–Kier alpha value is -1.06. The molecule has 0 saturated carbocycles. The van der Waals surface area contributed by atoms with Crippen molar-refractivity contribution < 1.29 is 17.9 Å². The zero-order valence-corrected chi connectivity index (χ0v) is 17.1. The van der Waals surface area contributed by atoms with Gasteiger partial charge >= 0.3 is 0 Å². The minimum absolute atomic E-state index is 0.251. The van der Waals surface area contributed by atoms with Crippen molar-refractivity contribution in [2.24, 2.45) is 0 Å². The highest BCUT2D eigenvalue weighted by molar-refractivity contribution is 7.92. The number of morpholine rings is 1. The predicted octanol–water partition coefficient (Wildman–Crippen LogP) is 1.60. The number of halogens is 2. The molecule has 1 aromatic carbocycles. The summed E-state index contributed by atoms with van der Waals surface area (Å²) < 4.78 is 30.8. The van der Waals surface area contributed by atoms with E-state index in [0.717, 1.165) is 23.7 Å². The molecule has 0 radical (unpaired) electrons. The largest absolute Gasteiger partial charge is 0.379 e. The zero-order valence-electron chi connectivity index (χ0n) is 14.7.